The van der Waals surface area contributed by atoms with Gasteiger partial charge >= 0.3 is 5.95 Å². The molecular weight excluding hydrogens is 516 g/mol. The first-order valence-electron chi connectivity index (χ1n) is 12.2. The van der Waals surface area contributed by atoms with Gasteiger partial charge in [0.15, 0.2) is 6.54 Å². The van der Waals surface area contributed by atoms with Crippen LogP contribution in [0.5, 0.6) is 0 Å². The van der Waals surface area contributed by atoms with Crippen molar-refractivity contribution in [2.45, 2.75) is 44.0 Å². The van der Waals surface area contributed by atoms with Crippen LogP contribution >= 0.6 is 35.0 Å². The fraction of sp³-hybridized carbons (Fsp3) is 0.321. The molecule has 4 nitrogen and oxygen atoms in total. The van der Waals surface area contributed by atoms with Gasteiger partial charge in [-0.25, -0.2) is 0 Å². The van der Waals surface area contributed by atoms with E-state index in [1.165, 1.54) is 6.07 Å². The van der Waals surface area contributed by atoms with Crippen LogP contribution in [0.15, 0.2) is 75.1 Å². The first kappa shape index (κ1) is 27.0. The summed E-state index contributed by atoms with van der Waals surface area (Å²) in [5.74, 6) is -0.344. The van der Waals surface area contributed by atoms with E-state index in [-0.39, 0.29) is 12.6 Å². The highest BCUT2D eigenvalue weighted by Gasteiger charge is 2.29. The average Bonchev–Trinajstić information content (AvgIpc) is 3.27. The number of nitrogens with zero attached hydrogens (tertiary/aromatic N) is 2. The highest BCUT2D eigenvalue weighted by atomic mass is 35.5. The fourth-order valence-corrected chi connectivity index (χ4v) is 6.20. The summed E-state index contributed by atoms with van der Waals surface area (Å²) in [6.45, 7) is 3.89. The van der Waals surface area contributed by atoms with Crippen molar-refractivity contribution in [2.75, 3.05) is 24.6 Å². The molecule has 36 heavy (non-hydrogen) atoms. The van der Waals surface area contributed by atoms with Crippen LogP contribution in [0.4, 0.5) is 10.1 Å². The second kappa shape index (κ2) is 12.4. The minimum Gasteiger partial charge on any atom is -0.396 e. The van der Waals surface area contributed by atoms with Crippen molar-refractivity contribution in [1.82, 2.24) is 0 Å². The highest BCUT2D eigenvalue weighted by molar-refractivity contribution is 8.03. The van der Waals surface area contributed by atoms with E-state index in [1.54, 1.807) is 16.3 Å². The molecule has 0 saturated heterocycles. The van der Waals surface area contributed by atoms with Crippen LogP contribution in [0, 0.1) is 5.95 Å². The van der Waals surface area contributed by atoms with E-state index < -0.39 is 0 Å². The van der Waals surface area contributed by atoms with Gasteiger partial charge in [-0.15, -0.1) is 4.39 Å². The van der Waals surface area contributed by atoms with E-state index in [1.807, 2.05) is 43.3 Å². The zero-order chi connectivity index (χ0) is 25.7. The molecule has 3 N–H and O–H groups in total. The number of unbranched alkanes of at least 4 members (excludes halogenated alkanes) is 2. The Morgan fingerprint density at radius 1 is 1.06 bits per heavy atom. The number of aliphatic hydroxyl groups is 1. The van der Waals surface area contributed by atoms with Crippen LogP contribution < -0.4 is 15.2 Å². The number of rotatable bonds is 10. The third-order valence-corrected chi connectivity index (χ3v) is 8.57. The van der Waals surface area contributed by atoms with Gasteiger partial charge < -0.3 is 15.7 Å². The summed E-state index contributed by atoms with van der Waals surface area (Å²) in [5, 5.41) is 12.0. The van der Waals surface area contributed by atoms with Gasteiger partial charge in [-0.2, -0.15) is 4.57 Å². The molecule has 3 aromatic rings. The highest BCUT2D eigenvalue weighted by Crippen LogP contribution is 2.49. The lowest BCUT2D eigenvalue weighted by Gasteiger charge is -2.22. The second-order valence-corrected chi connectivity index (χ2v) is 10.5. The van der Waals surface area contributed by atoms with Crippen molar-refractivity contribution in [1.29, 1.82) is 0 Å². The van der Waals surface area contributed by atoms with Crippen LogP contribution in [0.25, 0.3) is 15.9 Å². The van der Waals surface area contributed by atoms with Crippen LogP contribution in [0.3, 0.4) is 0 Å². The molecule has 190 valence electrons. The zero-order valence-electron chi connectivity index (χ0n) is 20.3. The van der Waals surface area contributed by atoms with Gasteiger partial charge in [-0.3, -0.25) is 0 Å². The quantitative estimate of drug-likeness (QED) is 0.167. The third-order valence-electron chi connectivity index (χ3n) is 6.32. The molecule has 1 aliphatic heterocycles. The molecule has 0 amide bonds. The van der Waals surface area contributed by atoms with Crippen LogP contribution in [-0.2, 0) is 6.54 Å². The van der Waals surface area contributed by atoms with Crippen LogP contribution in [-0.4, -0.2) is 24.8 Å². The van der Waals surface area contributed by atoms with Crippen molar-refractivity contribution in [3.63, 3.8) is 0 Å². The average molecular weight is 548 g/mol. The predicted octanol–water partition coefficient (Wildman–Crippen LogP) is 6.77. The standard InChI is InChI=1S/C28H31Cl2FN3OS/c1-19(27(30)28-34(16-8-9-17-35)23-12-4-5-13-24(23)36-28)26(29)21-18-25(31)33(15-7-6-14-32)22-11-3-2-10-20(21)22/h2-5,10-13,18,35H,6-9,14-17,32H2,1H3/q+1. The number of allylic oxidation sites excluding steroid dienone is 2. The van der Waals surface area contributed by atoms with Gasteiger partial charge in [0.2, 0.25) is 5.52 Å². The zero-order valence-corrected chi connectivity index (χ0v) is 22.6. The van der Waals surface area contributed by atoms with Gasteiger partial charge in [-0.05, 0) is 56.5 Å². The maximum Gasteiger partial charge on any atom is 0.360 e. The molecule has 8 heteroatoms. The van der Waals surface area contributed by atoms with Gasteiger partial charge in [0.1, 0.15) is 0 Å². The van der Waals surface area contributed by atoms with Crippen molar-refractivity contribution in [3.05, 3.63) is 81.7 Å². The van der Waals surface area contributed by atoms with Crippen LogP contribution in [0.1, 0.15) is 38.2 Å². The Hall–Kier alpha value is -2.09. The lowest BCUT2D eigenvalue weighted by atomic mass is 10.0. The Bertz CT molecular complexity index is 1310. The maximum absolute atomic E-state index is 15.3. The number of aliphatic hydroxyl groups excluding tert-OH is 1. The van der Waals surface area contributed by atoms with E-state index in [9.17, 15) is 5.11 Å². The number of aryl methyl sites for hydroxylation is 1. The molecule has 0 spiro atoms. The lowest BCUT2D eigenvalue weighted by molar-refractivity contribution is -0.699. The first-order valence-corrected chi connectivity index (χ1v) is 13.8. The summed E-state index contributed by atoms with van der Waals surface area (Å²) in [5.41, 5.74) is 8.81. The second-order valence-electron chi connectivity index (χ2n) is 8.76. The summed E-state index contributed by atoms with van der Waals surface area (Å²) < 4.78 is 17.0. The number of benzene rings is 2. The normalized spacial score (nSPS) is 15.3. The van der Waals surface area contributed by atoms with Crippen molar-refractivity contribution in [2.24, 2.45) is 5.73 Å². The Balaban J connectivity index is 1.78. The number of hydrogen-bond acceptors (Lipinski definition) is 4. The Labute approximate surface area is 226 Å². The van der Waals surface area contributed by atoms with E-state index in [2.05, 4.69) is 17.0 Å². The maximum atomic E-state index is 15.3. The molecular formula is C28H31Cl2FN3OS+. The molecule has 0 radical (unpaired) electrons. The number of para-hydroxylation sites is 2. The SMILES string of the molecule is CC(/C(Cl)=C1/Sc2ccccc2N1CCCCO)=C(/Cl)c1cc(F)[n+](CCCCN)c2ccccc12. The number of aromatic nitrogens is 1. The predicted molar refractivity (Wildman–Crippen MR) is 150 cm³/mol. The van der Waals surface area contributed by atoms with Gasteiger partial charge in [-0.1, -0.05) is 59.2 Å². The molecule has 0 aliphatic carbocycles. The molecule has 2 heterocycles. The van der Waals surface area contributed by atoms with E-state index in [4.69, 9.17) is 28.9 Å². The summed E-state index contributed by atoms with van der Waals surface area (Å²) in [6, 6.07) is 17.4. The monoisotopic (exact) mass is 546 g/mol. The van der Waals surface area contributed by atoms with E-state index in [0.29, 0.717) is 40.7 Å². The number of thioether (sulfide) groups is 1. The molecule has 0 fully saturated rings. The Morgan fingerprint density at radius 3 is 2.58 bits per heavy atom. The fourth-order valence-electron chi connectivity index (χ4n) is 4.41. The van der Waals surface area contributed by atoms with Crippen molar-refractivity contribution >= 4 is 56.6 Å². The molecule has 0 saturated carbocycles. The summed E-state index contributed by atoms with van der Waals surface area (Å²) in [4.78, 5) is 3.30. The van der Waals surface area contributed by atoms with E-state index in [0.717, 1.165) is 52.3 Å². The number of anilines is 1. The number of hydrogen-bond donors (Lipinski definition) is 2. The minimum atomic E-state index is -0.344. The molecule has 0 bridgehead atoms. The smallest absolute Gasteiger partial charge is 0.360 e. The summed E-state index contributed by atoms with van der Waals surface area (Å²) >= 11 is 15.6. The number of halogens is 3. The van der Waals surface area contributed by atoms with Crippen molar-refractivity contribution in [3.8, 4) is 0 Å². The molecule has 2 aromatic carbocycles. The third kappa shape index (κ3) is 5.58. The van der Waals surface area contributed by atoms with Gasteiger partial charge in [0.25, 0.3) is 0 Å². The molecule has 1 aromatic heterocycles. The minimum absolute atomic E-state index is 0.152. The molecule has 0 atom stereocenters. The van der Waals surface area contributed by atoms with Crippen molar-refractivity contribution < 1.29 is 14.1 Å². The first-order chi connectivity index (χ1) is 17.5. The summed E-state index contributed by atoms with van der Waals surface area (Å²) in [7, 11) is 0. The van der Waals surface area contributed by atoms with Gasteiger partial charge in [0, 0.05) is 36.1 Å². The van der Waals surface area contributed by atoms with Crippen LogP contribution in [0.2, 0.25) is 0 Å². The number of fused-ring (bicyclic) bond motifs is 2. The summed E-state index contributed by atoms with van der Waals surface area (Å²) in [6.07, 6.45) is 3.17. The Kier molecular flexibility index (Phi) is 9.31. The Morgan fingerprint density at radius 2 is 1.81 bits per heavy atom. The molecule has 4 rings (SSSR count). The number of nitrogens with two attached hydrogens (primary N) is 1. The van der Waals surface area contributed by atoms with E-state index >= 15 is 4.39 Å². The largest absolute Gasteiger partial charge is 0.396 e. The van der Waals surface area contributed by atoms with Gasteiger partial charge in [0.05, 0.1) is 32.2 Å². The lowest BCUT2D eigenvalue weighted by Crippen LogP contribution is -2.39. The molecule has 0 unspecified atom stereocenters. The topological polar surface area (TPSA) is 53.4 Å². The molecule has 1 aliphatic rings. The number of pyridine rings is 1.